The van der Waals surface area contributed by atoms with Crippen molar-refractivity contribution in [2.75, 3.05) is 13.1 Å². The number of aromatic nitrogens is 3. The normalized spacial score (nSPS) is 15.0. The molecule has 0 unspecified atom stereocenters. The smallest absolute Gasteiger partial charge is 0.347 e. The number of carbonyl (C=O) groups is 1. The maximum absolute atomic E-state index is 12.8. The van der Waals surface area contributed by atoms with Crippen LogP contribution in [0, 0.1) is 6.92 Å². The lowest BCUT2D eigenvalue weighted by atomic mass is 9.95. The number of aromatic hydroxyl groups is 1. The molecule has 3 aromatic rings. The van der Waals surface area contributed by atoms with Crippen LogP contribution in [0.15, 0.2) is 53.3 Å². The molecule has 1 fully saturated rings. The van der Waals surface area contributed by atoms with Crippen LogP contribution in [0.4, 0.5) is 0 Å². The maximum atomic E-state index is 12.8. The second-order valence-electron chi connectivity index (χ2n) is 7.14. The Bertz CT molecular complexity index is 1050. The third-order valence-corrected chi connectivity index (χ3v) is 5.24. The molecule has 0 spiro atoms. The molecule has 1 amide bonds. The maximum Gasteiger partial charge on any atom is 0.347 e. The summed E-state index contributed by atoms with van der Waals surface area (Å²) in [6.45, 7) is 2.99. The Morgan fingerprint density at radius 3 is 2.57 bits per heavy atom. The molecule has 1 saturated heterocycles. The molecular weight excluding hydrogens is 356 g/mol. The van der Waals surface area contributed by atoms with Crippen LogP contribution in [0.2, 0.25) is 0 Å². The lowest BCUT2D eigenvalue weighted by Gasteiger charge is -2.31. The summed E-state index contributed by atoms with van der Waals surface area (Å²) in [5.41, 5.74) is 1.78. The Balaban J connectivity index is 1.52. The number of piperidine rings is 1. The topological polar surface area (TPSA) is 91.2 Å². The lowest BCUT2D eigenvalue weighted by Crippen LogP contribution is -2.38. The molecule has 7 heteroatoms. The number of hydrogen-bond donors (Lipinski definition) is 2. The molecule has 0 radical (unpaired) electrons. The van der Waals surface area contributed by atoms with Gasteiger partial charge in [-0.15, -0.1) is 0 Å². The molecule has 0 atom stereocenters. The lowest BCUT2D eigenvalue weighted by molar-refractivity contribution is 0.0707. The molecule has 0 bridgehead atoms. The Labute approximate surface area is 162 Å². The van der Waals surface area contributed by atoms with Gasteiger partial charge in [-0.25, -0.2) is 14.5 Å². The van der Waals surface area contributed by atoms with Crippen molar-refractivity contribution >= 4 is 5.91 Å². The second kappa shape index (κ2) is 7.34. The zero-order chi connectivity index (χ0) is 19.7. The number of phenols is 1. The van der Waals surface area contributed by atoms with E-state index in [1.54, 1.807) is 27.7 Å². The largest absolute Gasteiger partial charge is 0.507 e. The minimum atomic E-state index is -0.260. The fraction of sp³-hybridized carbons (Fsp3) is 0.286. The molecule has 0 aliphatic carbocycles. The Kier molecular flexibility index (Phi) is 4.73. The average molecular weight is 378 g/mol. The highest BCUT2D eigenvalue weighted by atomic mass is 16.3. The van der Waals surface area contributed by atoms with E-state index in [2.05, 4.69) is 10.2 Å². The van der Waals surface area contributed by atoms with Crippen molar-refractivity contribution in [3.05, 3.63) is 76.0 Å². The van der Waals surface area contributed by atoms with Gasteiger partial charge in [0.2, 0.25) is 0 Å². The first-order valence-corrected chi connectivity index (χ1v) is 9.36. The first-order valence-electron chi connectivity index (χ1n) is 9.36. The Hall–Kier alpha value is -3.35. The number of nitrogens with zero attached hydrogens (tertiary/aromatic N) is 3. The summed E-state index contributed by atoms with van der Waals surface area (Å²) in [7, 11) is 0. The Morgan fingerprint density at radius 2 is 1.86 bits per heavy atom. The fourth-order valence-electron chi connectivity index (χ4n) is 3.74. The highest BCUT2D eigenvalue weighted by Crippen LogP contribution is 2.29. The van der Waals surface area contributed by atoms with E-state index in [0.29, 0.717) is 37.3 Å². The Morgan fingerprint density at radius 1 is 1.14 bits per heavy atom. The molecule has 1 aliphatic heterocycles. The van der Waals surface area contributed by atoms with Crippen LogP contribution in [0.1, 0.15) is 40.5 Å². The number of carbonyl (C=O) groups excluding carboxylic acids is 1. The number of H-pyrrole nitrogens is 1. The quantitative estimate of drug-likeness (QED) is 0.733. The summed E-state index contributed by atoms with van der Waals surface area (Å²) in [5, 5.41) is 16.8. The molecule has 144 valence electrons. The van der Waals surface area contributed by atoms with Crippen molar-refractivity contribution in [1.82, 2.24) is 19.7 Å². The van der Waals surface area contributed by atoms with Crippen LogP contribution < -0.4 is 5.69 Å². The van der Waals surface area contributed by atoms with Crippen molar-refractivity contribution in [3.63, 3.8) is 0 Å². The standard InChI is InChI=1S/C21H22N4O3/c1-14-7-8-18(26)17(13-14)20(27)24-11-9-15(10-12-24)19-22-23-21(28)25(19)16-5-3-2-4-6-16/h2-8,13,15,26H,9-12H2,1H3,(H,23,28). The van der Waals surface area contributed by atoms with Gasteiger partial charge in [0.25, 0.3) is 5.91 Å². The van der Waals surface area contributed by atoms with Gasteiger partial charge in [0, 0.05) is 19.0 Å². The van der Waals surface area contributed by atoms with Crippen molar-refractivity contribution in [1.29, 1.82) is 0 Å². The molecule has 1 aromatic heterocycles. The minimum absolute atomic E-state index is 0.00272. The zero-order valence-corrected chi connectivity index (χ0v) is 15.6. The van der Waals surface area contributed by atoms with Crippen LogP contribution >= 0.6 is 0 Å². The number of phenolic OH excluding ortho intramolecular Hbond substituents is 1. The van der Waals surface area contributed by atoms with Gasteiger partial charge < -0.3 is 10.0 Å². The van der Waals surface area contributed by atoms with Crippen molar-refractivity contribution < 1.29 is 9.90 Å². The number of para-hydroxylation sites is 1. The van der Waals surface area contributed by atoms with E-state index in [-0.39, 0.29) is 23.3 Å². The highest BCUT2D eigenvalue weighted by molar-refractivity contribution is 5.97. The summed E-state index contributed by atoms with van der Waals surface area (Å²) in [6, 6.07) is 14.5. The number of amides is 1. The number of nitrogens with one attached hydrogen (secondary N) is 1. The van der Waals surface area contributed by atoms with Gasteiger partial charge in [0.15, 0.2) is 0 Å². The van der Waals surface area contributed by atoms with E-state index < -0.39 is 0 Å². The zero-order valence-electron chi connectivity index (χ0n) is 15.6. The molecule has 2 heterocycles. The highest BCUT2D eigenvalue weighted by Gasteiger charge is 2.29. The summed E-state index contributed by atoms with van der Waals surface area (Å²) in [4.78, 5) is 26.8. The van der Waals surface area contributed by atoms with E-state index in [4.69, 9.17) is 0 Å². The van der Waals surface area contributed by atoms with Crippen molar-refractivity contribution in [3.8, 4) is 11.4 Å². The molecule has 0 saturated carbocycles. The number of benzene rings is 2. The summed E-state index contributed by atoms with van der Waals surface area (Å²) >= 11 is 0. The predicted octanol–water partition coefficient (Wildman–Crippen LogP) is 2.59. The van der Waals surface area contributed by atoms with Crippen LogP contribution in [0.25, 0.3) is 5.69 Å². The first kappa shape index (κ1) is 18.0. The predicted molar refractivity (Wildman–Crippen MR) is 105 cm³/mol. The molecular formula is C21H22N4O3. The molecule has 2 aromatic carbocycles. The fourth-order valence-corrected chi connectivity index (χ4v) is 3.74. The van der Waals surface area contributed by atoms with E-state index in [0.717, 1.165) is 11.3 Å². The summed E-state index contributed by atoms with van der Waals surface area (Å²) < 4.78 is 1.61. The van der Waals surface area contributed by atoms with Crippen LogP contribution in [0.3, 0.4) is 0 Å². The number of hydrogen-bond acceptors (Lipinski definition) is 4. The van der Waals surface area contributed by atoms with E-state index >= 15 is 0 Å². The molecule has 2 N–H and O–H groups in total. The third kappa shape index (κ3) is 3.31. The van der Waals surface area contributed by atoms with Gasteiger partial charge >= 0.3 is 5.69 Å². The molecule has 7 nitrogen and oxygen atoms in total. The minimum Gasteiger partial charge on any atom is -0.507 e. The molecule has 28 heavy (non-hydrogen) atoms. The molecule has 1 aliphatic rings. The van der Waals surface area contributed by atoms with Crippen LogP contribution in [0.5, 0.6) is 5.75 Å². The van der Waals surface area contributed by atoms with Crippen LogP contribution in [-0.4, -0.2) is 43.8 Å². The van der Waals surface area contributed by atoms with E-state index in [9.17, 15) is 14.7 Å². The number of likely N-dealkylation sites (tertiary alicyclic amines) is 1. The average Bonchev–Trinajstić information content (AvgIpc) is 3.11. The van der Waals surface area contributed by atoms with Gasteiger partial charge in [-0.05, 0) is 44.0 Å². The number of aryl methyl sites for hydroxylation is 1. The summed E-state index contributed by atoms with van der Waals surface area (Å²) in [6.07, 6.45) is 1.41. The third-order valence-electron chi connectivity index (χ3n) is 5.24. The van der Waals surface area contributed by atoms with Gasteiger partial charge in [-0.1, -0.05) is 29.8 Å². The van der Waals surface area contributed by atoms with Gasteiger partial charge in [-0.3, -0.25) is 4.79 Å². The number of rotatable bonds is 3. The molecule has 4 rings (SSSR count). The summed E-state index contributed by atoms with van der Waals surface area (Å²) in [5.74, 6) is 0.612. The van der Waals surface area contributed by atoms with Gasteiger partial charge in [0.05, 0.1) is 11.3 Å². The van der Waals surface area contributed by atoms with Gasteiger partial charge in [-0.2, -0.15) is 5.10 Å². The SMILES string of the molecule is Cc1ccc(O)c(C(=O)N2CCC(c3n[nH]c(=O)n3-c3ccccc3)CC2)c1. The van der Waals surface area contributed by atoms with Crippen molar-refractivity contribution in [2.24, 2.45) is 0 Å². The monoisotopic (exact) mass is 378 g/mol. The van der Waals surface area contributed by atoms with Crippen LogP contribution in [-0.2, 0) is 0 Å². The van der Waals surface area contributed by atoms with E-state index in [1.165, 1.54) is 0 Å². The first-order chi connectivity index (χ1) is 13.5. The van der Waals surface area contributed by atoms with Crippen molar-refractivity contribution in [2.45, 2.75) is 25.7 Å². The second-order valence-corrected chi connectivity index (χ2v) is 7.14. The number of aromatic amines is 1. The van der Waals surface area contributed by atoms with E-state index in [1.807, 2.05) is 37.3 Å². The van der Waals surface area contributed by atoms with Gasteiger partial charge in [0.1, 0.15) is 11.6 Å².